The van der Waals surface area contributed by atoms with Crippen molar-refractivity contribution in [2.24, 2.45) is 0 Å². The minimum atomic E-state index is -3.76. The number of sulfonamides is 1. The second-order valence-electron chi connectivity index (χ2n) is 6.51. The van der Waals surface area contributed by atoms with Gasteiger partial charge in [0.05, 0.1) is 36.5 Å². The number of hydrogen-bond donors (Lipinski definition) is 1. The Bertz CT molecular complexity index is 1070. The van der Waals surface area contributed by atoms with Gasteiger partial charge < -0.3 is 19.5 Å². The topological polar surface area (TPSA) is 111 Å². The monoisotopic (exact) mass is 468 g/mol. The molecule has 1 aliphatic heterocycles. The summed E-state index contributed by atoms with van der Waals surface area (Å²) in [6.07, 6.45) is 0. The fourth-order valence-electron chi connectivity index (χ4n) is 2.90. The normalized spacial score (nSPS) is 14.6. The molecule has 1 fully saturated rings. The lowest BCUT2D eigenvalue weighted by Crippen LogP contribution is -2.40. The van der Waals surface area contributed by atoms with Gasteiger partial charge in [0.1, 0.15) is 5.75 Å². The summed E-state index contributed by atoms with van der Waals surface area (Å²) >= 11 is 5.92. The van der Waals surface area contributed by atoms with Crippen LogP contribution >= 0.6 is 11.6 Å². The third-order valence-corrected chi connectivity index (χ3v) is 6.58. The number of methoxy groups -OCH3 is 1. The van der Waals surface area contributed by atoms with Gasteiger partial charge >= 0.3 is 5.97 Å². The molecule has 0 aliphatic carbocycles. The maximum absolute atomic E-state index is 12.8. The lowest BCUT2D eigenvalue weighted by molar-refractivity contribution is -0.119. The summed E-state index contributed by atoms with van der Waals surface area (Å²) in [5, 5.41) is 2.94. The van der Waals surface area contributed by atoms with E-state index in [9.17, 15) is 18.0 Å². The van der Waals surface area contributed by atoms with E-state index in [1.54, 1.807) is 12.1 Å². The molecule has 1 aliphatic rings. The van der Waals surface area contributed by atoms with Crippen LogP contribution in [0.5, 0.6) is 5.75 Å². The van der Waals surface area contributed by atoms with Gasteiger partial charge in [-0.2, -0.15) is 4.31 Å². The Balaban J connectivity index is 1.64. The standard InChI is InChI=1S/C20H21ClN2O7S/c1-28-18-6-5-15(21)12-17(18)22-19(24)13-30-20(25)14-3-2-4-16(11-14)31(26,27)23-7-9-29-10-8-23/h2-6,11-12H,7-10,13H2,1H3,(H,22,24). The van der Waals surface area contributed by atoms with Crippen molar-refractivity contribution in [2.75, 3.05) is 45.3 Å². The number of rotatable bonds is 7. The van der Waals surface area contributed by atoms with Crippen LogP contribution in [0.1, 0.15) is 10.4 Å². The Hall–Kier alpha value is -2.66. The van der Waals surface area contributed by atoms with Crippen LogP contribution in [-0.2, 0) is 24.3 Å². The van der Waals surface area contributed by atoms with Crippen molar-refractivity contribution in [2.45, 2.75) is 4.90 Å². The van der Waals surface area contributed by atoms with Crippen molar-refractivity contribution in [3.8, 4) is 5.75 Å². The van der Waals surface area contributed by atoms with Crippen LogP contribution in [0.4, 0.5) is 5.69 Å². The predicted molar refractivity (Wildman–Crippen MR) is 113 cm³/mol. The van der Waals surface area contributed by atoms with Crippen molar-refractivity contribution in [3.63, 3.8) is 0 Å². The highest BCUT2D eigenvalue weighted by Gasteiger charge is 2.27. The van der Waals surface area contributed by atoms with Crippen molar-refractivity contribution < 1.29 is 32.2 Å². The molecule has 0 aromatic heterocycles. The summed E-state index contributed by atoms with van der Waals surface area (Å²) in [6.45, 7) is 0.532. The van der Waals surface area contributed by atoms with Gasteiger partial charge in [-0.05, 0) is 36.4 Å². The van der Waals surface area contributed by atoms with E-state index in [1.165, 1.54) is 41.7 Å². The van der Waals surface area contributed by atoms with E-state index in [1.807, 2.05) is 0 Å². The Labute approximate surface area is 184 Å². The molecule has 31 heavy (non-hydrogen) atoms. The largest absolute Gasteiger partial charge is 0.495 e. The number of anilines is 1. The van der Waals surface area contributed by atoms with Crippen LogP contribution in [0.15, 0.2) is 47.4 Å². The van der Waals surface area contributed by atoms with Gasteiger partial charge in [-0.1, -0.05) is 17.7 Å². The number of hydrogen-bond acceptors (Lipinski definition) is 7. The minimum absolute atomic E-state index is 0.0162. The van der Waals surface area contributed by atoms with Crippen molar-refractivity contribution >= 4 is 39.2 Å². The molecule has 1 heterocycles. The molecule has 0 radical (unpaired) electrons. The number of carbonyl (C=O) groups excluding carboxylic acids is 2. The molecule has 11 heteroatoms. The number of halogens is 1. The van der Waals surface area contributed by atoms with Gasteiger partial charge in [-0.15, -0.1) is 0 Å². The molecule has 1 N–H and O–H groups in total. The zero-order valence-corrected chi connectivity index (χ0v) is 18.2. The highest BCUT2D eigenvalue weighted by molar-refractivity contribution is 7.89. The first-order valence-corrected chi connectivity index (χ1v) is 11.1. The van der Waals surface area contributed by atoms with E-state index >= 15 is 0 Å². The summed E-state index contributed by atoms with van der Waals surface area (Å²) in [6, 6.07) is 10.2. The van der Waals surface area contributed by atoms with Gasteiger partial charge in [-0.25, -0.2) is 13.2 Å². The highest BCUT2D eigenvalue weighted by Crippen LogP contribution is 2.27. The van der Waals surface area contributed by atoms with Gasteiger partial charge in [0.15, 0.2) is 6.61 Å². The second kappa shape index (κ2) is 10.1. The Morgan fingerprint density at radius 2 is 1.90 bits per heavy atom. The molecule has 1 saturated heterocycles. The summed E-state index contributed by atoms with van der Waals surface area (Å²) in [4.78, 5) is 24.5. The van der Waals surface area contributed by atoms with E-state index in [4.69, 9.17) is 25.8 Å². The first kappa shape index (κ1) is 23.0. The van der Waals surface area contributed by atoms with Crippen LogP contribution in [0.2, 0.25) is 5.02 Å². The van der Waals surface area contributed by atoms with Crippen molar-refractivity contribution in [1.29, 1.82) is 0 Å². The highest BCUT2D eigenvalue weighted by atomic mass is 35.5. The first-order chi connectivity index (χ1) is 14.8. The number of amides is 1. The predicted octanol–water partition coefficient (Wildman–Crippen LogP) is 2.17. The summed E-state index contributed by atoms with van der Waals surface area (Å²) in [5.41, 5.74) is 0.345. The number of esters is 1. The average molecular weight is 469 g/mol. The lowest BCUT2D eigenvalue weighted by Gasteiger charge is -2.26. The molecule has 0 atom stereocenters. The third-order valence-electron chi connectivity index (χ3n) is 4.45. The molecule has 3 rings (SSSR count). The summed E-state index contributed by atoms with van der Waals surface area (Å²) in [5.74, 6) is -1.04. The van der Waals surface area contributed by atoms with Crippen LogP contribution in [0.3, 0.4) is 0 Å². The van der Waals surface area contributed by atoms with E-state index < -0.39 is 28.5 Å². The van der Waals surface area contributed by atoms with Crippen LogP contribution in [0, 0.1) is 0 Å². The van der Waals surface area contributed by atoms with Crippen LogP contribution in [0.25, 0.3) is 0 Å². The summed E-state index contributed by atoms with van der Waals surface area (Å²) in [7, 11) is -2.32. The van der Waals surface area contributed by atoms with Gasteiger partial charge in [0.2, 0.25) is 10.0 Å². The SMILES string of the molecule is COc1ccc(Cl)cc1NC(=O)COC(=O)c1cccc(S(=O)(=O)N2CCOCC2)c1. The van der Waals surface area contributed by atoms with Crippen LogP contribution < -0.4 is 10.1 Å². The second-order valence-corrected chi connectivity index (χ2v) is 8.89. The zero-order chi connectivity index (χ0) is 22.4. The maximum Gasteiger partial charge on any atom is 0.338 e. The fourth-order valence-corrected chi connectivity index (χ4v) is 4.52. The molecular weight excluding hydrogens is 448 g/mol. The minimum Gasteiger partial charge on any atom is -0.495 e. The number of nitrogens with one attached hydrogen (secondary N) is 1. The molecule has 2 aromatic carbocycles. The van der Waals surface area contributed by atoms with E-state index in [-0.39, 0.29) is 23.5 Å². The summed E-state index contributed by atoms with van der Waals surface area (Å²) < 4.78 is 42.1. The maximum atomic E-state index is 12.8. The Kier molecular flexibility index (Phi) is 7.50. The lowest BCUT2D eigenvalue weighted by atomic mass is 10.2. The number of nitrogens with zero attached hydrogens (tertiary/aromatic N) is 1. The van der Waals surface area contributed by atoms with Crippen molar-refractivity contribution in [3.05, 3.63) is 53.1 Å². The Morgan fingerprint density at radius 1 is 1.16 bits per heavy atom. The first-order valence-electron chi connectivity index (χ1n) is 9.30. The Morgan fingerprint density at radius 3 is 2.61 bits per heavy atom. The van der Waals surface area contributed by atoms with E-state index in [2.05, 4.69) is 5.32 Å². The third kappa shape index (κ3) is 5.73. The van der Waals surface area contributed by atoms with Gasteiger partial charge in [0, 0.05) is 18.1 Å². The number of morpholine rings is 1. The van der Waals surface area contributed by atoms with Crippen LogP contribution in [-0.4, -0.2) is 64.6 Å². The quantitative estimate of drug-likeness (QED) is 0.620. The molecule has 0 spiro atoms. The molecule has 0 bridgehead atoms. The molecule has 9 nitrogen and oxygen atoms in total. The fraction of sp³-hybridized carbons (Fsp3) is 0.300. The van der Waals surface area contributed by atoms with E-state index in [0.717, 1.165) is 0 Å². The number of ether oxygens (including phenoxy) is 3. The van der Waals surface area contributed by atoms with E-state index in [0.29, 0.717) is 29.7 Å². The zero-order valence-electron chi connectivity index (χ0n) is 16.7. The van der Waals surface area contributed by atoms with Crippen molar-refractivity contribution in [1.82, 2.24) is 4.31 Å². The van der Waals surface area contributed by atoms with Gasteiger partial charge in [-0.3, -0.25) is 4.79 Å². The molecule has 166 valence electrons. The smallest absolute Gasteiger partial charge is 0.338 e. The molecule has 0 saturated carbocycles. The molecule has 0 unspecified atom stereocenters. The molecular formula is C20H21ClN2O7S. The van der Waals surface area contributed by atoms with Gasteiger partial charge in [0.25, 0.3) is 5.91 Å². The molecule has 1 amide bonds. The number of benzene rings is 2. The molecule has 2 aromatic rings. The average Bonchev–Trinajstić information content (AvgIpc) is 2.78. The number of carbonyl (C=O) groups is 2.